The van der Waals surface area contributed by atoms with Crippen molar-refractivity contribution in [3.8, 4) is 0 Å². The zero-order valence-corrected chi connectivity index (χ0v) is 24.2. The number of nitrogens with zero attached hydrogens (tertiary/aromatic N) is 2. The summed E-state index contributed by atoms with van der Waals surface area (Å²) in [5.74, 6) is -3.69. The zero-order chi connectivity index (χ0) is 31.8. The highest BCUT2D eigenvalue weighted by Crippen LogP contribution is 2.36. The van der Waals surface area contributed by atoms with E-state index in [-0.39, 0.29) is 16.9 Å². The maximum Gasteiger partial charge on any atom is 0.414 e. The first-order valence-corrected chi connectivity index (χ1v) is 13.4. The van der Waals surface area contributed by atoms with Crippen molar-refractivity contribution < 1.29 is 41.8 Å². The van der Waals surface area contributed by atoms with Gasteiger partial charge in [-0.25, -0.2) is 14.1 Å². The van der Waals surface area contributed by atoms with Gasteiger partial charge in [0.05, 0.1) is 5.92 Å². The minimum Gasteiger partial charge on any atom is -0.465 e. The van der Waals surface area contributed by atoms with Crippen LogP contribution in [0.1, 0.15) is 70.6 Å². The highest BCUT2D eigenvalue weighted by Gasteiger charge is 2.38. The van der Waals surface area contributed by atoms with E-state index < -0.39 is 55.5 Å². The molecule has 3 rings (SSSR count). The van der Waals surface area contributed by atoms with Gasteiger partial charge in [0.25, 0.3) is 0 Å². The van der Waals surface area contributed by atoms with Crippen molar-refractivity contribution in [3.63, 3.8) is 0 Å². The number of amides is 4. The molecule has 1 aliphatic carbocycles. The van der Waals surface area contributed by atoms with Crippen molar-refractivity contribution in [1.29, 1.82) is 0 Å². The van der Waals surface area contributed by atoms with Crippen LogP contribution in [0.25, 0.3) is 0 Å². The molecule has 0 heterocycles. The Bertz CT molecular complexity index is 1120. The zero-order valence-electron chi connectivity index (χ0n) is 24.2. The van der Waals surface area contributed by atoms with Gasteiger partial charge in [-0.15, -0.1) is 0 Å². The van der Waals surface area contributed by atoms with Crippen molar-refractivity contribution in [2.75, 3.05) is 18.4 Å². The average Bonchev–Trinajstić information content (AvgIpc) is 3.38. The maximum absolute atomic E-state index is 13.1. The lowest BCUT2D eigenvalue weighted by molar-refractivity contribution is -0.163. The Kier molecular flexibility index (Phi) is 16.6. The van der Waals surface area contributed by atoms with E-state index in [9.17, 15) is 41.8 Å². The molecule has 12 heteroatoms. The summed E-state index contributed by atoms with van der Waals surface area (Å²) in [6, 6.07) is 9.18. The molecule has 0 fully saturated rings. The topological polar surface area (TPSA) is 107 Å². The minimum atomic E-state index is -4.79. The molecule has 8 nitrogen and oxygen atoms in total. The lowest BCUT2D eigenvalue weighted by atomic mass is 9.99. The first-order valence-electron chi connectivity index (χ1n) is 13.4. The number of carboxylic acid groups (broad SMARTS) is 1. The van der Waals surface area contributed by atoms with Crippen LogP contribution in [0, 0.1) is 5.82 Å². The number of rotatable bonds is 8. The van der Waals surface area contributed by atoms with Crippen molar-refractivity contribution in [3.05, 3.63) is 65.0 Å². The summed E-state index contributed by atoms with van der Waals surface area (Å²) < 4.78 is 52.5. The number of carbonyl (C=O) groups excluding carboxylic acids is 3. The van der Waals surface area contributed by atoms with Gasteiger partial charge in [-0.1, -0.05) is 59.7 Å². The van der Waals surface area contributed by atoms with Crippen LogP contribution in [0.2, 0.25) is 0 Å². The third kappa shape index (κ3) is 11.6. The molecule has 0 bridgehead atoms. The van der Waals surface area contributed by atoms with Gasteiger partial charge in [0.1, 0.15) is 18.9 Å². The van der Waals surface area contributed by atoms with E-state index in [2.05, 4.69) is 5.32 Å². The van der Waals surface area contributed by atoms with Gasteiger partial charge in [0.2, 0.25) is 18.2 Å². The van der Waals surface area contributed by atoms with Crippen LogP contribution < -0.4 is 5.32 Å². The van der Waals surface area contributed by atoms with Crippen molar-refractivity contribution in [1.82, 2.24) is 9.80 Å². The summed E-state index contributed by atoms with van der Waals surface area (Å²) in [6.07, 6.45) is -5.43. The molecule has 2 aromatic carbocycles. The van der Waals surface area contributed by atoms with Gasteiger partial charge in [0.15, 0.2) is 0 Å². The Morgan fingerprint density at radius 1 is 1.00 bits per heavy atom. The van der Waals surface area contributed by atoms with Crippen LogP contribution in [0.3, 0.4) is 0 Å². The molecule has 0 aliphatic heterocycles. The predicted octanol–water partition coefficient (Wildman–Crippen LogP) is 6.60. The predicted molar refractivity (Wildman–Crippen MR) is 149 cm³/mol. The third-order valence-corrected chi connectivity index (χ3v) is 5.54. The summed E-state index contributed by atoms with van der Waals surface area (Å²) in [5.41, 5.74) is 1.91. The number of fused-ring (bicyclic) bond motifs is 1. The number of anilines is 1. The van der Waals surface area contributed by atoms with Gasteiger partial charge in [0, 0.05) is 12.2 Å². The second kappa shape index (κ2) is 18.4. The van der Waals surface area contributed by atoms with E-state index in [1.807, 2.05) is 41.5 Å². The highest BCUT2D eigenvalue weighted by atomic mass is 19.4. The van der Waals surface area contributed by atoms with E-state index in [0.29, 0.717) is 34.5 Å². The fourth-order valence-electron chi connectivity index (χ4n) is 3.95. The first kappa shape index (κ1) is 37.0. The molecule has 0 aromatic heterocycles. The van der Waals surface area contributed by atoms with Crippen molar-refractivity contribution in [2.24, 2.45) is 0 Å². The molecular formula is C29H39F4N3O5. The minimum absolute atomic E-state index is 0.196. The number of imide groups is 1. The van der Waals surface area contributed by atoms with E-state index in [0.717, 1.165) is 12.1 Å². The summed E-state index contributed by atoms with van der Waals surface area (Å²) in [7, 11) is 0. The molecule has 1 unspecified atom stereocenters. The summed E-state index contributed by atoms with van der Waals surface area (Å²) in [5, 5.41) is 12.0. The summed E-state index contributed by atoms with van der Waals surface area (Å²) >= 11 is 0. The van der Waals surface area contributed by atoms with Crippen molar-refractivity contribution in [2.45, 2.75) is 73.0 Å². The van der Waals surface area contributed by atoms with Gasteiger partial charge < -0.3 is 15.3 Å². The molecule has 1 atom stereocenters. The number of carbonyl (C=O) groups is 4. The van der Waals surface area contributed by atoms with Crippen LogP contribution in [-0.2, 0) is 27.3 Å². The smallest absolute Gasteiger partial charge is 0.414 e. The monoisotopic (exact) mass is 585 g/mol. The fraction of sp³-hybridized carbons (Fsp3) is 0.448. The molecule has 0 spiro atoms. The molecule has 0 saturated heterocycles. The molecule has 2 aromatic rings. The number of nitrogens with one attached hydrogen (secondary N) is 1. The molecular weight excluding hydrogens is 546 g/mol. The van der Waals surface area contributed by atoms with E-state index >= 15 is 0 Å². The lowest BCUT2D eigenvalue weighted by Gasteiger charge is -2.27. The molecule has 228 valence electrons. The Balaban J connectivity index is 0.00000250. The SMILES string of the molecule is CC.CC.CC.O=CNc1ccc2c(c1)CCC2C(=O)N(CC(=O)N(Cc1ccc(F)cc1)CC(F)(F)F)C(=O)O. The molecule has 0 radical (unpaired) electrons. The largest absolute Gasteiger partial charge is 0.465 e. The normalized spacial score (nSPS) is 13.0. The van der Waals surface area contributed by atoms with Crippen LogP contribution in [0.5, 0.6) is 0 Å². The van der Waals surface area contributed by atoms with E-state index in [1.165, 1.54) is 18.2 Å². The van der Waals surface area contributed by atoms with Gasteiger partial charge in [-0.05, 0) is 53.8 Å². The highest BCUT2D eigenvalue weighted by molar-refractivity contribution is 5.99. The van der Waals surface area contributed by atoms with Crippen LogP contribution >= 0.6 is 0 Å². The molecule has 4 amide bonds. The molecule has 41 heavy (non-hydrogen) atoms. The van der Waals surface area contributed by atoms with Crippen LogP contribution in [-0.4, -0.2) is 58.5 Å². The second-order valence-corrected chi connectivity index (χ2v) is 7.97. The van der Waals surface area contributed by atoms with E-state index in [4.69, 9.17) is 0 Å². The maximum atomic E-state index is 13.1. The Labute approximate surface area is 238 Å². The number of hydrogen-bond acceptors (Lipinski definition) is 4. The third-order valence-electron chi connectivity index (χ3n) is 5.54. The quantitative estimate of drug-likeness (QED) is 0.268. The Morgan fingerprint density at radius 3 is 2.10 bits per heavy atom. The number of halogens is 4. The van der Waals surface area contributed by atoms with Crippen LogP contribution in [0.15, 0.2) is 42.5 Å². The Morgan fingerprint density at radius 2 is 1.59 bits per heavy atom. The Hall–Kier alpha value is -3.96. The van der Waals surface area contributed by atoms with E-state index in [1.54, 1.807) is 12.1 Å². The number of hydrogen-bond donors (Lipinski definition) is 2. The number of aryl methyl sites for hydroxylation is 1. The van der Waals surface area contributed by atoms with Crippen molar-refractivity contribution >= 4 is 30.0 Å². The standard InChI is InChI=1S/C23H21F4N3O5.3C2H6/c24-16-4-1-14(2-5-16)10-29(12-23(25,26)27)20(32)11-30(22(34)35)21(33)19-7-3-15-9-17(28-13-31)6-8-18(15)19;3*1-2/h1-2,4-6,8-9,13,19H,3,7,10-12H2,(H,28,31)(H,34,35);3*1-2H3. The van der Waals surface area contributed by atoms with Gasteiger partial charge >= 0.3 is 12.3 Å². The first-order chi connectivity index (χ1) is 19.5. The second-order valence-electron chi connectivity index (χ2n) is 7.97. The number of benzene rings is 2. The lowest BCUT2D eigenvalue weighted by Crippen LogP contribution is -2.48. The fourth-order valence-corrected chi connectivity index (χ4v) is 3.95. The summed E-state index contributed by atoms with van der Waals surface area (Å²) in [4.78, 5) is 48.8. The van der Waals surface area contributed by atoms with Gasteiger partial charge in [-0.3, -0.25) is 14.4 Å². The molecule has 2 N–H and O–H groups in total. The summed E-state index contributed by atoms with van der Waals surface area (Å²) in [6.45, 7) is 8.66. The average molecular weight is 586 g/mol. The molecule has 0 saturated carbocycles. The van der Waals surface area contributed by atoms with Gasteiger partial charge in [-0.2, -0.15) is 13.2 Å². The molecule has 1 aliphatic rings. The van der Waals surface area contributed by atoms with Crippen LogP contribution in [0.4, 0.5) is 28.0 Å². The number of alkyl halides is 3.